The second-order valence-electron chi connectivity index (χ2n) is 6.54. The molecule has 0 radical (unpaired) electrons. The third-order valence-corrected chi connectivity index (χ3v) is 4.42. The van der Waals surface area contributed by atoms with Gasteiger partial charge < -0.3 is 9.88 Å². The fraction of sp³-hybridized carbons (Fsp3) is 0.421. The van der Waals surface area contributed by atoms with Crippen molar-refractivity contribution in [1.82, 2.24) is 14.9 Å². The monoisotopic (exact) mass is 331 g/mol. The molecule has 1 aliphatic carbocycles. The number of imidazole rings is 1. The van der Waals surface area contributed by atoms with Crippen LogP contribution in [0.25, 0.3) is 16.6 Å². The van der Waals surface area contributed by atoms with E-state index in [1.165, 1.54) is 12.1 Å². The quantitative estimate of drug-likeness (QED) is 0.797. The summed E-state index contributed by atoms with van der Waals surface area (Å²) in [6, 6.07) is 2.76. The SMILES string of the molecule is C/C=C(\C(=C/NC)c1nc2cc(F)c(F)cc2n1C1CC1)C(C)C. The third-order valence-electron chi connectivity index (χ3n) is 4.42. The number of fused-ring (bicyclic) bond motifs is 1. The number of hydrogen-bond acceptors (Lipinski definition) is 2. The second-order valence-corrected chi connectivity index (χ2v) is 6.54. The summed E-state index contributed by atoms with van der Waals surface area (Å²) in [6.07, 6.45) is 6.07. The molecule has 1 fully saturated rings. The summed E-state index contributed by atoms with van der Waals surface area (Å²) in [7, 11) is 1.84. The van der Waals surface area contributed by atoms with Crippen molar-refractivity contribution in [3.05, 3.63) is 47.4 Å². The van der Waals surface area contributed by atoms with E-state index < -0.39 is 11.6 Å². The van der Waals surface area contributed by atoms with Gasteiger partial charge in [-0.25, -0.2) is 13.8 Å². The molecule has 3 nitrogen and oxygen atoms in total. The molecule has 0 aliphatic heterocycles. The Labute approximate surface area is 141 Å². The van der Waals surface area contributed by atoms with Gasteiger partial charge >= 0.3 is 0 Å². The molecule has 128 valence electrons. The Kier molecular flexibility index (Phi) is 4.43. The minimum atomic E-state index is -0.858. The summed E-state index contributed by atoms with van der Waals surface area (Å²) >= 11 is 0. The molecule has 0 spiro atoms. The van der Waals surface area contributed by atoms with Crippen LogP contribution in [0.4, 0.5) is 8.78 Å². The lowest BCUT2D eigenvalue weighted by Gasteiger charge is -2.17. The van der Waals surface area contributed by atoms with Gasteiger partial charge in [0.2, 0.25) is 0 Å². The summed E-state index contributed by atoms with van der Waals surface area (Å²) in [5.74, 6) is -0.599. The van der Waals surface area contributed by atoms with E-state index in [1.54, 1.807) is 0 Å². The molecule has 0 atom stereocenters. The van der Waals surface area contributed by atoms with E-state index in [4.69, 9.17) is 0 Å². The van der Waals surface area contributed by atoms with Crippen LogP contribution < -0.4 is 5.32 Å². The Morgan fingerprint density at radius 2 is 1.96 bits per heavy atom. The van der Waals surface area contributed by atoms with Crippen molar-refractivity contribution in [2.24, 2.45) is 5.92 Å². The molecule has 24 heavy (non-hydrogen) atoms. The van der Waals surface area contributed by atoms with Gasteiger partial charge in [0.15, 0.2) is 11.6 Å². The van der Waals surface area contributed by atoms with E-state index in [0.29, 0.717) is 23.0 Å². The molecule has 1 aliphatic rings. The lowest BCUT2D eigenvalue weighted by molar-refractivity contribution is 0.510. The maximum Gasteiger partial charge on any atom is 0.161 e. The number of allylic oxidation sites excluding steroid dienone is 3. The summed E-state index contributed by atoms with van der Waals surface area (Å²) in [5.41, 5.74) is 3.28. The Morgan fingerprint density at radius 3 is 2.50 bits per heavy atom. The Hall–Kier alpha value is -2.17. The highest BCUT2D eigenvalue weighted by Crippen LogP contribution is 2.42. The van der Waals surface area contributed by atoms with Gasteiger partial charge in [-0.2, -0.15) is 0 Å². The highest BCUT2D eigenvalue weighted by Gasteiger charge is 2.31. The Morgan fingerprint density at radius 1 is 1.29 bits per heavy atom. The van der Waals surface area contributed by atoms with Crippen LogP contribution >= 0.6 is 0 Å². The number of benzene rings is 1. The number of hydrogen-bond donors (Lipinski definition) is 1. The average molecular weight is 331 g/mol. The zero-order valence-corrected chi connectivity index (χ0v) is 14.5. The van der Waals surface area contributed by atoms with Crippen LogP contribution in [0.5, 0.6) is 0 Å². The van der Waals surface area contributed by atoms with Gasteiger partial charge in [0.05, 0.1) is 11.0 Å². The molecule has 1 aromatic heterocycles. The molecule has 1 aromatic carbocycles. The predicted octanol–water partition coefficient (Wildman–Crippen LogP) is 4.81. The predicted molar refractivity (Wildman–Crippen MR) is 93.6 cm³/mol. The summed E-state index contributed by atoms with van der Waals surface area (Å²) in [6.45, 7) is 6.26. The van der Waals surface area contributed by atoms with Gasteiger partial charge in [0, 0.05) is 37.0 Å². The van der Waals surface area contributed by atoms with Crippen molar-refractivity contribution in [3.8, 4) is 0 Å². The molecule has 1 heterocycles. The van der Waals surface area contributed by atoms with E-state index >= 15 is 0 Å². The molecule has 0 bridgehead atoms. The van der Waals surface area contributed by atoms with Crippen LogP contribution in [-0.4, -0.2) is 16.6 Å². The van der Waals surface area contributed by atoms with E-state index in [9.17, 15) is 8.78 Å². The normalized spacial score (nSPS) is 16.3. The molecule has 1 saturated carbocycles. The summed E-state index contributed by atoms with van der Waals surface area (Å²) in [4.78, 5) is 4.65. The minimum Gasteiger partial charge on any atom is -0.393 e. The largest absolute Gasteiger partial charge is 0.393 e. The molecule has 0 saturated heterocycles. The van der Waals surface area contributed by atoms with Crippen LogP contribution in [0.3, 0.4) is 0 Å². The standard InChI is InChI=1S/C19H23F2N3/c1-5-13(11(2)3)14(10-22-4)19-23-17-8-15(20)16(21)9-18(17)24(19)12-6-7-12/h5,8-12,22H,6-7H2,1-4H3/b13-5-,14-10+. The van der Waals surface area contributed by atoms with Crippen molar-refractivity contribution in [2.45, 2.75) is 39.7 Å². The maximum atomic E-state index is 13.8. The third kappa shape index (κ3) is 2.83. The van der Waals surface area contributed by atoms with Crippen LogP contribution in [0.15, 0.2) is 30.0 Å². The van der Waals surface area contributed by atoms with Crippen molar-refractivity contribution < 1.29 is 8.78 Å². The topological polar surface area (TPSA) is 29.9 Å². The van der Waals surface area contributed by atoms with Crippen LogP contribution in [0, 0.1) is 17.6 Å². The smallest absolute Gasteiger partial charge is 0.161 e. The van der Waals surface area contributed by atoms with Crippen LogP contribution in [-0.2, 0) is 0 Å². The maximum absolute atomic E-state index is 13.8. The van der Waals surface area contributed by atoms with E-state index in [1.807, 2.05) is 20.2 Å². The molecule has 0 amide bonds. The van der Waals surface area contributed by atoms with Crippen molar-refractivity contribution >= 4 is 16.6 Å². The first-order chi connectivity index (χ1) is 11.5. The summed E-state index contributed by atoms with van der Waals surface area (Å²) in [5, 5.41) is 3.09. The lowest BCUT2D eigenvalue weighted by Crippen LogP contribution is -2.09. The molecule has 1 N–H and O–H groups in total. The first-order valence-electron chi connectivity index (χ1n) is 8.39. The molecule has 2 aromatic rings. The van der Waals surface area contributed by atoms with Crippen LogP contribution in [0.1, 0.15) is 45.5 Å². The zero-order chi connectivity index (χ0) is 17.4. The first-order valence-corrected chi connectivity index (χ1v) is 8.39. The fourth-order valence-corrected chi connectivity index (χ4v) is 3.20. The molecular weight excluding hydrogens is 308 g/mol. The van der Waals surface area contributed by atoms with Gasteiger partial charge in [0.1, 0.15) is 5.82 Å². The Bertz CT molecular complexity index is 827. The number of aromatic nitrogens is 2. The summed E-state index contributed by atoms with van der Waals surface area (Å²) < 4.78 is 29.5. The van der Waals surface area contributed by atoms with Gasteiger partial charge in [0.25, 0.3) is 0 Å². The highest BCUT2D eigenvalue weighted by molar-refractivity contribution is 5.84. The lowest BCUT2D eigenvalue weighted by atomic mass is 9.95. The molecule has 5 heteroatoms. The van der Waals surface area contributed by atoms with Gasteiger partial charge in [-0.1, -0.05) is 19.9 Å². The van der Waals surface area contributed by atoms with Gasteiger partial charge in [-0.05, 0) is 31.3 Å². The fourth-order valence-electron chi connectivity index (χ4n) is 3.20. The molecule has 0 unspecified atom stereocenters. The van der Waals surface area contributed by atoms with Gasteiger partial charge in [-0.3, -0.25) is 0 Å². The van der Waals surface area contributed by atoms with Crippen molar-refractivity contribution in [3.63, 3.8) is 0 Å². The van der Waals surface area contributed by atoms with Crippen LogP contribution in [0.2, 0.25) is 0 Å². The molecule has 3 rings (SSSR count). The van der Waals surface area contributed by atoms with Gasteiger partial charge in [-0.15, -0.1) is 0 Å². The molecular formula is C19H23F2N3. The highest BCUT2D eigenvalue weighted by atomic mass is 19.2. The number of nitrogens with zero attached hydrogens (tertiary/aromatic N) is 2. The number of rotatable bonds is 5. The Balaban J connectivity index is 2.27. The second kappa shape index (κ2) is 6.38. The average Bonchev–Trinajstić information content (AvgIpc) is 3.30. The van der Waals surface area contributed by atoms with E-state index in [0.717, 1.165) is 29.8 Å². The number of nitrogens with one attached hydrogen (secondary N) is 1. The van der Waals surface area contributed by atoms with E-state index in [-0.39, 0.29) is 0 Å². The van der Waals surface area contributed by atoms with E-state index in [2.05, 4.69) is 34.8 Å². The van der Waals surface area contributed by atoms with Crippen molar-refractivity contribution in [1.29, 1.82) is 0 Å². The van der Waals surface area contributed by atoms with Crippen molar-refractivity contribution in [2.75, 3.05) is 7.05 Å². The number of halogens is 2. The first kappa shape index (κ1) is 16.7. The zero-order valence-electron chi connectivity index (χ0n) is 14.5. The minimum absolute atomic E-state index is 0.306.